The van der Waals surface area contributed by atoms with Gasteiger partial charge in [-0.3, -0.25) is 4.79 Å². The van der Waals surface area contributed by atoms with Crippen LogP contribution in [0.3, 0.4) is 0 Å². The third kappa shape index (κ3) is 3.73. The number of hydrogen-bond acceptors (Lipinski definition) is 4. The maximum absolute atomic E-state index is 10.8. The molecule has 0 amide bonds. The van der Waals surface area contributed by atoms with Gasteiger partial charge < -0.3 is 9.47 Å². The van der Waals surface area contributed by atoms with Crippen molar-refractivity contribution in [1.29, 1.82) is 0 Å². The second-order valence-corrected chi connectivity index (χ2v) is 3.81. The molecule has 0 radical (unpaired) electrons. The Labute approximate surface area is 106 Å². The van der Waals surface area contributed by atoms with E-state index in [0.29, 0.717) is 11.3 Å². The summed E-state index contributed by atoms with van der Waals surface area (Å²) < 4.78 is 10.3. The molecule has 0 unspecified atom stereocenters. The highest BCUT2D eigenvalue weighted by molar-refractivity contribution is 5.81. The van der Waals surface area contributed by atoms with Crippen LogP contribution in [0.5, 0.6) is 5.75 Å². The van der Waals surface area contributed by atoms with Gasteiger partial charge in [-0.25, -0.2) is 4.79 Å². The van der Waals surface area contributed by atoms with Crippen LogP contribution in [0, 0.1) is 13.8 Å². The number of hydrogen-bond donors (Lipinski definition) is 0. The Morgan fingerprint density at radius 2 is 2.00 bits per heavy atom. The van der Waals surface area contributed by atoms with Gasteiger partial charge in [-0.2, -0.15) is 0 Å². The molecule has 4 heteroatoms. The number of ether oxygens (including phenoxy) is 2. The van der Waals surface area contributed by atoms with Crippen LogP contribution in [0.4, 0.5) is 0 Å². The van der Waals surface area contributed by atoms with Gasteiger partial charge in [0.1, 0.15) is 25.2 Å². The molecule has 0 fully saturated rings. The zero-order valence-corrected chi connectivity index (χ0v) is 10.6. The Morgan fingerprint density at radius 1 is 1.28 bits per heavy atom. The highest BCUT2D eigenvalue weighted by Crippen LogP contribution is 2.21. The van der Waals surface area contributed by atoms with Crippen LogP contribution in [0.25, 0.3) is 0 Å². The lowest BCUT2D eigenvalue weighted by atomic mass is 10.1. The number of esters is 1. The van der Waals surface area contributed by atoms with Gasteiger partial charge in [0.05, 0.1) is 0 Å². The first-order valence-electron chi connectivity index (χ1n) is 5.57. The molecule has 0 aliphatic carbocycles. The van der Waals surface area contributed by atoms with E-state index in [4.69, 9.17) is 9.47 Å². The Hall–Kier alpha value is -2.10. The highest BCUT2D eigenvalue weighted by atomic mass is 16.6. The molecule has 0 N–H and O–H groups in total. The first-order valence-corrected chi connectivity index (χ1v) is 5.57. The summed E-state index contributed by atoms with van der Waals surface area (Å²) in [7, 11) is 0. The van der Waals surface area contributed by atoms with E-state index in [2.05, 4.69) is 6.58 Å². The zero-order valence-electron chi connectivity index (χ0n) is 10.6. The largest absolute Gasteiger partial charge is 0.490 e. The molecule has 0 saturated heterocycles. The van der Waals surface area contributed by atoms with E-state index in [1.807, 2.05) is 13.8 Å². The summed E-state index contributed by atoms with van der Waals surface area (Å²) in [6.45, 7) is 7.42. The summed E-state index contributed by atoms with van der Waals surface area (Å²) in [5.74, 6) is 0.218. The van der Waals surface area contributed by atoms with Gasteiger partial charge in [0.2, 0.25) is 0 Å². The fourth-order valence-corrected chi connectivity index (χ4v) is 1.45. The van der Waals surface area contributed by atoms with Crippen LogP contribution in [-0.2, 0) is 9.53 Å². The fourth-order valence-electron chi connectivity index (χ4n) is 1.45. The molecule has 0 spiro atoms. The van der Waals surface area contributed by atoms with Crippen LogP contribution in [0.1, 0.15) is 21.5 Å². The van der Waals surface area contributed by atoms with E-state index in [0.717, 1.165) is 23.5 Å². The predicted molar refractivity (Wildman–Crippen MR) is 68.0 cm³/mol. The van der Waals surface area contributed by atoms with E-state index < -0.39 is 5.97 Å². The standard InChI is InChI=1S/C14H16O4/c1-4-14(16)18-6-5-17-13-8-10(2)12(9-15)7-11(13)3/h4,7-9H,1,5-6H2,2-3H3. The molecule has 0 aromatic heterocycles. The van der Waals surface area contributed by atoms with Gasteiger partial charge in [-0.05, 0) is 37.1 Å². The van der Waals surface area contributed by atoms with Crippen LogP contribution in [0.15, 0.2) is 24.8 Å². The number of aryl methyl sites for hydroxylation is 2. The second-order valence-electron chi connectivity index (χ2n) is 3.81. The van der Waals surface area contributed by atoms with Crippen molar-refractivity contribution in [2.24, 2.45) is 0 Å². The van der Waals surface area contributed by atoms with Crippen molar-refractivity contribution in [3.63, 3.8) is 0 Å². The van der Waals surface area contributed by atoms with Crippen LogP contribution >= 0.6 is 0 Å². The van der Waals surface area contributed by atoms with Crippen LogP contribution < -0.4 is 4.74 Å². The van der Waals surface area contributed by atoms with Gasteiger partial charge >= 0.3 is 5.97 Å². The number of aldehydes is 1. The molecule has 0 heterocycles. The molecule has 0 aliphatic rings. The number of carbonyl (C=O) groups excluding carboxylic acids is 2. The fraction of sp³-hybridized carbons (Fsp3) is 0.286. The lowest BCUT2D eigenvalue weighted by Crippen LogP contribution is -2.10. The second kappa shape index (κ2) is 6.59. The molecule has 18 heavy (non-hydrogen) atoms. The van der Waals surface area contributed by atoms with Crippen molar-refractivity contribution in [1.82, 2.24) is 0 Å². The van der Waals surface area contributed by atoms with Crippen LogP contribution in [-0.4, -0.2) is 25.5 Å². The molecule has 0 aliphatic heterocycles. The molecule has 0 bridgehead atoms. The third-order valence-electron chi connectivity index (χ3n) is 2.44. The minimum atomic E-state index is -0.470. The Morgan fingerprint density at radius 3 is 2.61 bits per heavy atom. The molecule has 4 nitrogen and oxygen atoms in total. The maximum atomic E-state index is 10.8. The van der Waals surface area contributed by atoms with E-state index in [1.54, 1.807) is 12.1 Å². The normalized spacial score (nSPS) is 9.67. The molecule has 96 valence electrons. The Bertz CT molecular complexity index is 463. The third-order valence-corrected chi connectivity index (χ3v) is 2.44. The van der Waals surface area contributed by atoms with Crippen LogP contribution in [0.2, 0.25) is 0 Å². The average Bonchev–Trinajstić information content (AvgIpc) is 2.37. The molecular formula is C14H16O4. The van der Waals surface area contributed by atoms with Gasteiger partial charge in [0.15, 0.2) is 0 Å². The summed E-state index contributed by atoms with van der Waals surface area (Å²) in [5.41, 5.74) is 2.38. The predicted octanol–water partition coefficient (Wildman–Crippen LogP) is 2.22. The van der Waals surface area contributed by atoms with E-state index in [9.17, 15) is 9.59 Å². The molecule has 1 rings (SSSR count). The van der Waals surface area contributed by atoms with Crippen molar-refractivity contribution in [3.05, 3.63) is 41.5 Å². The van der Waals surface area contributed by atoms with E-state index >= 15 is 0 Å². The van der Waals surface area contributed by atoms with Crippen molar-refractivity contribution in [2.75, 3.05) is 13.2 Å². The van der Waals surface area contributed by atoms with Crippen molar-refractivity contribution < 1.29 is 19.1 Å². The summed E-state index contributed by atoms with van der Waals surface area (Å²) >= 11 is 0. The van der Waals surface area contributed by atoms with Gasteiger partial charge in [-0.15, -0.1) is 0 Å². The van der Waals surface area contributed by atoms with Crippen molar-refractivity contribution in [2.45, 2.75) is 13.8 Å². The summed E-state index contributed by atoms with van der Waals surface area (Å²) in [6.07, 6.45) is 1.92. The molecule has 1 aromatic rings. The monoisotopic (exact) mass is 248 g/mol. The van der Waals surface area contributed by atoms with Gasteiger partial charge in [0, 0.05) is 11.6 Å². The average molecular weight is 248 g/mol. The van der Waals surface area contributed by atoms with E-state index in [-0.39, 0.29) is 13.2 Å². The summed E-state index contributed by atoms with van der Waals surface area (Å²) in [4.78, 5) is 21.5. The lowest BCUT2D eigenvalue weighted by molar-refractivity contribution is -0.138. The van der Waals surface area contributed by atoms with E-state index in [1.165, 1.54) is 0 Å². The highest BCUT2D eigenvalue weighted by Gasteiger charge is 2.05. The van der Waals surface area contributed by atoms with Crippen molar-refractivity contribution >= 4 is 12.3 Å². The van der Waals surface area contributed by atoms with Crippen molar-refractivity contribution in [3.8, 4) is 5.75 Å². The topological polar surface area (TPSA) is 52.6 Å². The number of rotatable bonds is 6. The molecule has 0 atom stereocenters. The van der Waals surface area contributed by atoms with Gasteiger partial charge in [0.25, 0.3) is 0 Å². The first-order chi connectivity index (χ1) is 8.58. The smallest absolute Gasteiger partial charge is 0.330 e. The lowest BCUT2D eigenvalue weighted by Gasteiger charge is -2.11. The molecular weight excluding hydrogens is 232 g/mol. The summed E-state index contributed by atoms with van der Waals surface area (Å²) in [6, 6.07) is 3.57. The number of carbonyl (C=O) groups is 2. The minimum absolute atomic E-state index is 0.165. The zero-order chi connectivity index (χ0) is 13.5. The molecule has 1 aromatic carbocycles. The quantitative estimate of drug-likeness (QED) is 0.335. The maximum Gasteiger partial charge on any atom is 0.330 e. The summed E-state index contributed by atoms with van der Waals surface area (Å²) in [5, 5.41) is 0. The Balaban J connectivity index is 2.57. The number of benzene rings is 1. The SMILES string of the molecule is C=CC(=O)OCCOc1cc(C)c(C=O)cc1C. The Kier molecular flexibility index (Phi) is 5.11. The van der Waals surface area contributed by atoms with Gasteiger partial charge in [-0.1, -0.05) is 6.58 Å². The first kappa shape index (κ1) is 14.0. The molecule has 0 saturated carbocycles. The minimum Gasteiger partial charge on any atom is -0.490 e.